The minimum atomic E-state index is -0.830. The molecule has 5 heteroatoms. The first-order valence-corrected chi connectivity index (χ1v) is 6.12. The highest BCUT2D eigenvalue weighted by molar-refractivity contribution is 7.09. The zero-order chi connectivity index (χ0) is 12.3. The lowest BCUT2D eigenvalue weighted by atomic mass is 10.2. The molecule has 0 unspecified atom stereocenters. The standard InChI is InChI=1S/C12H12F2N2S/c1-8-12(17-7-16-8)4-5-15-9-2-3-10(13)11(14)6-9/h2-3,6-7,15H,4-5H2,1H3. The Morgan fingerprint density at radius 2 is 2.12 bits per heavy atom. The molecule has 0 aliphatic heterocycles. The fourth-order valence-corrected chi connectivity index (χ4v) is 2.27. The largest absolute Gasteiger partial charge is 0.385 e. The van der Waals surface area contributed by atoms with Gasteiger partial charge in [-0.3, -0.25) is 0 Å². The van der Waals surface area contributed by atoms with Gasteiger partial charge in [0.25, 0.3) is 0 Å². The Bertz CT molecular complexity index is 511. The summed E-state index contributed by atoms with van der Waals surface area (Å²) in [6.45, 7) is 2.64. The van der Waals surface area contributed by atoms with Crippen molar-refractivity contribution < 1.29 is 8.78 Å². The Morgan fingerprint density at radius 3 is 2.76 bits per heavy atom. The maximum absolute atomic E-state index is 12.9. The van der Waals surface area contributed by atoms with E-state index < -0.39 is 11.6 Å². The highest BCUT2D eigenvalue weighted by Gasteiger charge is 2.03. The van der Waals surface area contributed by atoms with Crippen molar-refractivity contribution in [2.75, 3.05) is 11.9 Å². The Balaban J connectivity index is 1.90. The normalized spacial score (nSPS) is 10.5. The summed E-state index contributed by atoms with van der Waals surface area (Å²) in [6, 6.07) is 3.81. The second kappa shape index (κ2) is 5.23. The number of rotatable bonds is 4. The topological polar surface area (TPSA) is 24.9 Å². The molecule has 1 heterocycles. The third kappa shape index (κ3) is 3.00. The van der Waals surface area contributed by atoms with Crippen molar-refractivity contribution >= 4 is 17.0 Å². The monoisotopic (exact) mass is 254 g/mol. The molecular formula is C12H12F2N2S. The van der Waals surface area contributed by atoms with Gasteiger partial charge in [-0.1, -0.05) is 0 Å². The van der Waals surface area contributed by atoms with Crippen molar-refractivity contribution in [3.63, 3.8) is 0 Å². The van der Waals surface area contributed by atoms with E-state index in [9.17, 15) is 8.78 Å². The van der Waals surface area contributed by atoms with Crippen molar-refractivity contribution in [3.8, 4) is 0 Å². The van der Waals surface area contributed by atoms with E-state index in [-0.39, 0.29) is 0 Å². The van der Waals surface area contributed by atoms with Gasteiger partial charge in [-0.2, -0.15) is 0 Å². The first-order valence-electron chi connectivity index (χ1n) is 5.24. The van der Waals surface area contributed by atoms with Gasteiger partial charge in [0.15, 0.2) is 11.6 Å². The first-order chi connectivity index (χ1) is 8.16. The van der Waals surface area contributed by atoms with Crippen LogP contribution in [0.5, 0.6) is 0 Å². The number of aromatic nitrogens is 1. The highest BCUT2D eigenvalue weighted by Crippen LogP contribution is 2.15. The van der Waals surface area contributed by atoms with E-state index in [4.69, 9.17) is 0 Å². The van der Waals surface area contributed by atoms with Crippen LogP contribution in [0.2, 0.25) is 0 Å². The molecule has 0 aliphatic carbocycles. The molecule has 1 aromatic carbocycles. The van der Waals surface area contributed by atoms with E-state index in [0.717, 1.165) is 24.2 Å². The van der Waals surface area contributed by atoms with Crippen LogP contribution in [0.4, 0.5) is 14.5 Å². The van der Waals surface area contributed by atoms with E-state index in [1.54, 1.807) is 11.3 Å². The van der Waals surface area contributed by atoms with Gasteiger partial charge in [0.2, 0.25) is 0 Å². The molecule has 0 fully saturated rings. The van der Waals surface area contributed by atoms with Crippen molar-refractivity contribution in [1.82, 2.24) is 4.98 Å². The van der Waals surface area contributed by atoms with Gasteiger partial charge in [0.05, 0.1) is 11.2 Å². The molecule has 0 atom stereocenters. The second-order valence-electron chi connectivity index (χ2n) is 3.67. The van der Waals surface area contributed by atoms with Crippen LogP contribution in [-0.2, 0) is 6.42 Å². The number of nitrogens with one attached hydrogen (secondary N) is 1. The smallest absolute Gasteiger partial charge is 0.160 e. The zero-order valence-electron chi connectivity index (χ0n) is 9.34. The Kier molecular flexibility index (Phi) is 3.68. The van der Waals surface area contributed by atoms with E-state index in [2.05, 4.69) is 10.3 Å². The van der Waals surface area contributed by atoms with Crippen molar-refractivity contribution in [2.45, 2.75) is 13.3 Å². The number of hydrogen-bond acceptors (Lipinski definition) is 3. The minimum Gasteiger partial charge on any atom is -0.385 e. The lowest BCUT2D eigenvalue weighted by Gasteiger charge is -2.06. The van der Waals surface area contributed by atoms with E-state index in [0.29, 0.717) is 12.2 Å². The lowest BCUT2D eigenvalue weighted by Crippen LogP contribution is -2.05. The molecule has 90 valence electrons. The van der Waals surface area contributed by atoms with Crippen LogP contribution in [0.15, 0.2) is 23.7 Å². The summed E-state index contributed by atoms with van der Waals surface area (Å²) in [5.74, 6) is -1.65. The number of thiazole rings is 1. The minimum absolute atomic E-state index is 0.589. The number of anilines is 1. The van der Waals surface area contributed by atoms with E-state index in [1.165, 1.54) is 10.9 Å². The van der Waals surface area contributed by atoms with Gasteiger partial charge in [0.1, 0.15) is 0 Å². The zero-order valence-corrected chi connectivity index (χ0v) is 10.2. The van der Waals surface area contributed by atoms with Crippen molar-refractivity contribution in [1.29, 1.82) is 0 Å². The summed E-state index contributed by atoms with van der Waals surface area (Å²) in [6.07, 6.45) is 0.829. The van der Waals surface area contributed by atoms with Gasteiger partial charge in [-0.25, -0.2) is 13.8 Å². The second-order valence-corrected chi connectivity index (χ2v) is 4.61. The molecule has 0 bridgehead atoms. The van der Waals surface area contributed by atoms with E-state index >= 15 is 0 Å². The lowest BCUT2D eigenvalue weighted by molar-refractivity contribution is 0.509. The van der Waals surface area contributed by atoms with Crippen LogP contribution in [0.25, 0.3) is 0 Å². The summed E-state index contributed by atoms with van der Waals surface area (Å²) in [5, 5.41) is 3.05. The average molecular weight is 254 g/mol. The molecule has 0 saturated heterocycles. The molecule has 2 aromatic rings. The molecule has 2 nitrogen and oxygen atoms in total. The number of nitrogens with zero attached hydrogens (tertiary/aromatic N) is 1. The van der Waals surface area contributed by atoms with Gasteiger partial charge in [0, 0.05) is 23.5 Å². The molecular weight excluding hydrogens is 242 g/mol. The van der Waals surface area contributed by atoms with Crippen molar-refractivity contribution in [2.24, 2.45) is 0 Å². The molecule has 17 heavy (non-hydrogen) atoms. The molecule has 0 aliphatic rings. The molecule has 0 radical (unpaired) electrons. The fourth-order valence-electron chi connectivity index (χ4n) is 1.49. The van der Waals surface area contributed by atoms with Crippen molar-refractivity contribution in [3.05, 3.63) is 45.9 Å². The third-order valence-electron chi connectivity index (χ3n) is 2.45. The Hall–Kier alpha value is -1.49. The number of halogens is 2. The van der Waals surface area contributed by atoms with Crippen LogP contribution in [0.3, 0.4) is 0 Å². The Labute approximate surface area is 102 Å². The molecule has 0 spiro atoms. The Morgan fingerprint density at radius 1 is 1.29 bits per heavy atom. The maximum atomic E-state index is 12.9. The summed E-state index contributed by atoms with van der Waals surface area (Å²) >= 11 is 1.61. The van der Waals surface area contributed by atoms with Crippen LogP contribution < -0.4 is 5.32 Å². The number of aryl methyl sites for hydroxylation is 1. The highest BCUT2D eigenvalue weighted by atomic mass is 32.1. The predicted molar refractivity (Wildman–Crippen MR) is 65.4 cm³/mol. The van der Waals surface area contributed by atoms with Crippen LogP contribution in [0, 0.1) is 18.6 Å². The molecule has 1 N–H and O–H groups in total. The van der Waals surface area contributed by atoms with Crippen LogP contribution >= 0.6 is 11.3 Å². The molecule has 2 rings (SSSR count). The maximum Gasteiger partial charge on any atom is 0.160 e. The van der Waals surface area contributed by atoms with E-state index in [1.807, 2.05) is 12.4 Å². The van der Waals surface area contributed by atoms with Gasteiger partial charge in [-0.15, -0.1) is 11.3 Å². The van der Waals surface area contributed by atoms with Crippen LogP contribution in [-0.4, -0.2) is 11.5 Å². The summed E-state index contributed by atoms with van der Waals surface area (Å²) in [4.78, 5) is 5.36. The average Bonchev–Trinajstić information content (AvgIpc) is 2.70. The number of hydrogen-bond donors (Lipinski definition) is 1. The summed E-state index contributed by atoms with van der Waals surface area (Å²) in [7, 11) is 0. The first kappa shape index (κ1) is 12.0. The summed E-state index contributed by atoms with van der Waals surface area (Å²) < 4.78 is 25.6. The molecule has 0 amide bonds. The predicted octanol–water partition coefficient (Wildman–Crippen LogP) is 3.38. The number of benzene rings is 1. The fraction of sp³-hybridized carbons (Fsp3) is 0.250. The third-order valence-corrected chi connectivity index (χ3v) is 3.44. The molecule has 1 aromatic heterocycles. The van der Waals surface area contributed by atoms with Crippen LogP contribution in [0.1, 0.15) is 10.6 Å². The van der Waals surface area contributed by atoms with Gasteiger partial charge < -0.3 is 5.32 Å². The van der Waals surface area contributed by atoms with Gasteiger partial charge >= 0.3 is 0 Å². The van der Waals surface area contributed by atoms with Gasteiger partial charge in [-0.05, 0) is 25.1 Å². The SMILES string of the molecule is Cc1ncsc1CCNc1ccc(F)c(F)c1. The molecule has 0 saturated carbocycles. The summed E-state index contributed by atoms with van der Waals surface area (Å²) in [5.41, 5.74) is 3.43. The quantitative estimate of drug-likeness (QED) is 0.904.